The molecule has 3 heterocycles. The molecule has 2 aliphatic carbocycles. The van der Waals surface area contributed by atoms with Gasteiger partial charge in [0, 0.05) is 67.1 Å². The topological polar surface area (TPSA) is 88.3 Å². The van der Waals surface area contributed by atoms with Crippen LogP contribution in [0.1, 0.15) is 35.2 Å². The normalized spacial score (nSPS) is 20.5. The maximum absolute atomic E-state index is 14.6. The number of anilines is 2. The average molecular weight is 471 g/mol. The predicted molar refractivity (Wildman–Crippen MR) is 134 cm³/mol. The number of halogens is 1. The lowest BCUT2D eigenvalue weighted by Crippen LogP contribution is -2.30. The third-order valence-corrected chi connectivity index (χ3v) is 8.05. The Kier molecular flexibility index (Phi) is 4.25. The van der Waals surface area contributed by atoms with Gasteiger partial charge in [0.25, 0.3) is 0 Å². The molecular weight excluding hydrogens is 443 g/mol. The largest absolute Gasteiger partial charge is 0.424 e. The van der Waals surface area contributed by atoms with Crippen LogP contribution in [0.5, 0.6) is 11.8 Å². The molecule has 8 heteroatoms. The summed E-state index contributed by atoms with van der Waals surface area (Å²) in [6.07, 6.45) is 2.87. The van der Waals surface area contributed by atoms with Crippen LogP contribution in [0.25, 0.3) is 16.8 Å². The number of hydrogen-bond acceptors (Lipinski definition) is 7. The van der Waals surface area contributed by atoms with Crippen LogP contribution in [0.4, 0.5) is 15.9 Å². The Morgan fingerprint density at radius 3 is 2.86 bits per heavy atom. The molecule has 0 unspecified atom stereocenters. The maximum Gasteiger partial charge on any atom is 0.324 e. The van der Waals surface area contributed by atoms with Gasteiger partial charge in [-0.25, -0.2) is 4.39 Å². The first-order chi connectivity index (χ1) is 16.9. The fourth-order valence-corrected chi connectivity index (χ4v) is 5.89. The van der Waals surface area contributed by atoms with E-state index in [-0.39, 0.29) is 17.3 Å². The van der Waals surface area contributed by atoms with Crippen LogP contribution in [0, 0.1) is 11.2 Å². The standard InChI is InChI=1S/C27H27FN6O/c1-14-18-9-17(4-3-15(18)11-31-14)35-26-32-22-10-19-20(7-16(28)8-21(19)30-2)24(22)25(33-26)34-12-23(29)27(13-34)5-6-27/h3-4,7-9,23,30-31H,1,5-6,10-13,29H2,2H3/t23-/m0/s1. The van der Waals surface area contributed by atoms with Crippen molar-refractivity contribution in [2.75, 3.05) is 30.4 Å². The molecule has 35 heavy (non-hydrogen) atoms. The van der Waals surface area contributed by atoms with E-state index in [9.17, 15) is 4.39 Å². The van der Waals surface area contributed by atoms with E-state index in [4.69, 9.17) is 20.4 Å². The minimum absolute atomic E-state index is 0.106. The molecule has 4 N–H and O–H groups in total. The van der Waals surface area contributed by atoms with Crippen LogP contribution in [0.2, 0.25) is 0 Å². The van der Waals surface area contributed by atoms with Crippen LogP contribution in [-0.4, -0.2) is 36.1 Å². The number of nitrogens with two attached hydrogens (primary N) is 1. The first-order valence-electron chi connectivity index (χ1n) is 12.1. The summed E-state index contributed by atoms with van der Waals surface area (Å²) in [5.41, 5.74) is 14.2. The molecule has 4 aliphatic rings. The van der Waals surface area contributed by atoms with E-state index in [2.05, 4.69) is 22.1 Å². The third kappa shape index (κ3) is 3.13. The van der Waals surface area contributed by atoms with Gasteiger partial charge >= 0.3 is 6.01 Å². The highest BCUT2D eigenvalue weighted by atomic mass is 19.1. The summed E-state index contributed by atoms with van der Waals surface area (Å²) in [5, 5.41) is 6.40. The molecule has 1 spiro atoms. The van der Waals surface area contributed by atoms with Crippen molar-refractivity contribution in [3.8, 4) is 22.9 Å². The second-order valence-corrected chi connectivity index (χ2v) is 10.2. The number of rotatable bonds is 4. The lowest BCUT2D eigenvalue weighted by Gasteiger charge is -2.21. The molecular formula is C27H27FN6O. The molecule has 2 aliphatic heterocycles. The fourth-order valence-electron chi connectivity index (χ4n) is 5.89. The molecule has 1 aromatic heterocycles. The highest BCUT2D eigenvalue weighted by Gasteiger charge is 2.54. The van der Waals surface area contributed by atoms with Gasteiger partial charge in [-0.15, -0.1) is 0 Å². The Balaban J connectivity index is 1.33. The quantitative estimate of drug-likeness (QED) is 0.415. The Bertz CT molecular complexity index is 1420. The summed E-state index contributed by atoms with van der Waals surface area (Å²) in [6, 6.07) is 9.47. The number of nitrogens with zero attached hydrogens (tertiary/aromatic N) is 3. The zero-order valence-corrected chi connectivity index (χ0v) is 19.6. The molecule has 7 rings (SSSR count). The second kappa shape index (κ2) is 7.18. The molecule has 0 radical (unpaired) electrons. The van der Waals surface area contributed by atoms with Crippen LogP contribution in [0.15, 0.2) is 36.9 Å². The molecule has 178 valence electrons. The van der Waals surface area contributed by atoms with Gasteiger partial charge in [-0.1, -0.05) is 12.6 Å². The van der Waals surface area contributed by atoms with Crippen molar-refractivity contribution in [2.45, 2.75) is 31.8 Å². The van der Waals surface area contributed by atoms with Crippen molar-refractivity contribution in [1.29, 1.82) is 0 Å². The molecule has 1 saturated heterocycles. The average Bonchev–Trinajstić information content (AvgIpc) is 3.25. The van der Waals surface area contributed by atoms with Crippen LogP contribution in [0.3, 0.4) is 0 Å². The summed E-state index contributed by atoms with van der Waals surface area (Å²) < 4.78 is 20.8. The van der Waals surface area contributed by atoms with Gasteiger partial charge < -0.3 is 26.0 Å². The minimum atomic E-state index is -0.281. The highest BCUT2D eigenvalue weighted by Crippen LogP contribution is 2.54. The summed E-state index contributed by atoms with van der Waals surface area (Å²) in [5.74, 6) is 1.16. The van der Waals surface area contributed by atoms with Crippen LogP contribution in [-0.2, 0) is 13.0 Å². The van der Waals surface area contributed by atoms with E-state index < -0.39 is 0 Å². The highest BCUT2D eigenvalue weighted by molar-refractivity contribution is 5.88. The predicted octanol–water partition coefficient (Wildman–Crippen LogP) is 4.02. The van der Waals surface area contributed by atoms with Crippen molar-refractivity contribution in [3.05, 3.63) is 65.1 Å². The second-order valence-electron chi connectivity index (χ2n) is 10.2. The number of nitrogens with one attached hydrogen (secondary N) is 2. The zero-order chi connectivity index (χ0) is 23.9. The number of fused-ring (bicyclic) bond motifs is 4. The van der Waals surface area contributed by atoms with Crippen molar-refractivity contribution < 1.29 is 9.13 Å². The summed E-state index contributed by atoms with van der Waals surface area (Å²) in [4.78, 5) is 12.0. The van der Waals surface area contributed by atoms with Gasteiger partial charge in [-0.2, -0.15) is 9.97 Å². The lowest BCUT2D eigenvalue weighted by atomic mass is 10.0. The molecule has 1 saturated carbocycles. The summed E-state index contributed by atoms with van der Waals surface area (Å²) in [7, 11) is 1.81. The molecule has 7 nitrogen and oxygen atoms in total. The zero-order valence-electron chi connectivity index (χ0n) is 19.6. The SMILES string of the molecule is C=C1NCc2ccc(Oc3nc4c(c(N5C[C@H](N)C6(CC6)C5)n3)-c3cc(F)cc(NC)c3C4)cc21. The van der Waals surface area contributed by atoms with E-state index >= 15 is 0 Å². The van der Waals surface area contributed by atoms with Gasteiger partial charge in [-0.05, 0) is 53.8 Å². The molecule has 2 aromatic carbocycles. The van der Waals surface area contributed by atoms with Gasteiger partial charge in [0.15, 0.2) is 0 Å². The smallest absolute Gasteiger partial charge is 0.324 e. The van der Waals surface area contributed by atoms with E-state index in [0.29, 0.717) is 18.2 Å². The fraction of sp³-hybridized carbons (Fsp3) is 0.333. The van der Waals surface area contributed by atoms with Crippen molar-refractivity contribution >= 4 is 17.2 Å². The number of aromatic nitrogens is 2. The van der Waals surface area contributed by atoms with Gasteiger partial charge in [-0.3, -0.25) is 0 Å². The number of ether oxygens (including phenoxy) is 1. The Morgan fingerprint density at radius 1 is 1.23 bits per heavy atom. The Morgan fingerprint density at radius 2 is 2.09 bits per heavy atom. The minimum Gasteiger partial charge on any atom is -0.424 e. The maximum atomic E-state index is 14.6. The first kappa shape index (κ1) is 20.7. The van der Waals surface area contributed by atoms with E-state index in [1.165, 1.54) is 11.6 Å². The monoisotopic (exact) mass is 470 g/mol. The Hall–Kier alpha value is -3.65. The molecule has 2 fully saturated rings. The van der Waals surface area contributed by atoms with E-state index in [1.54, 1.807) is 6.07 Å². The van der Waals surface area contributed by atoms with Gasteiger partial charge in [0.2, 0.25) is 0 Å². The molecule has 1 atom stereocenters. The number of benzene rings is 2. The van der Waals surface area contributed by atoms with Crippen molar-refractivity contribution in [2.24, 2.45) is 11.1 Å². The molecule has 3 aromatic rings. The van der Waals surface area contributed by atoms with Crippen LogP contribution < -0.4 is 26.0 Å². The summed E-state index contributed by atoms with van der Waals surface area (Å²) in [6.45, 7) is 6.42. The van der Waals surface area contributed by atoms with Crippen molar-refractivity contribution in [1.82, 2.24) is 15.3 Å². The number of hydrogen-bond donors (Lipinski definition) is 3. The van der Waals surface area contributed by atoms with Gasteiger partial charge in [0.1, 0.15) is 17.4 Å². The molecule has 0 amide bonds. The van der Waals surface area contributed by atoms with Gasteiger partial charge in [0.05, 0.1) is 5.69 Å². The van der Waals surface area contributed by atoms with Crippen LogP contribution >= 0.6 is 0 Å². The Labute approximate surface area is 203 Å². The summed E-state index contributed by atoms with van der Waals surface area (Å²) >= 11 is 0. The molecule has 0 bridgehead atoms. The van der Waals surface area contributed by atoms with Crippen molar-refractivity contribution in [3.63, 3.8) is 0 Å². The van der Waals surface area contributed by atoms with E-state index in [1.807, 2.05) is 25.2 Å². The van der Waals surface area contributed by atoms with E-state index in [0.717, 1.165) is 77.6 Å². The first-order valence-corrected chi connectivity index (χ1v) is 12.1. The third-order valence-electron chi connectivity index (χ3n) is 8.05. The lowest BCUT2D eigenvalue weighted by molar-refractivity contribution is 0.440.